The standard InChI is InChI=1S/C28H35Cl2F2N3O4S/c1-3-26(28(37)33-21-8-5-4-6-9-21)34(18-19-11-12-20(29)16-23(19)30)27(36)10-7-15-35(40(2,38)39)22-13-14-24(31)25(32)17-22/h11-14,16-17,21,26H,3-10,15,18H2,1-2H3,(H,33,37)/t26-/m1/s1. The van der Waals surface area contributed by atoms with Crippen molar-refractivity contribution in [3.63, 3.8) is 0 Å². The third-order valence-corrected chi connectivity index (χ3v) is 8.82. The molecule has 2 aromatic carbocycles. The number of nitrogens with zero attached hydrogens (tertiary/aromatic N) is 2. The fourth-order valence-corrected chi connectivity index (χ4v) is 6.37. The van der Waals surface area contributed by atoms with E-state index in [1.807, 2.05) is 6.92 Å². The van der Waals surface area contributed by atoms with Gasteiger partial charge >= 0.3 is 0 Å². The molecule has 12 heteroatoms. The average molecular weight is 619 g/mol. The first-order chi connectivity index (χ1) is 18.9. The Morgan fingerprint density at radius 2 is 1.75 bits per heavy atom. The summed E-state index contributed by atoms with van der Waals surface area (Å²) < 4.78 is 53.0. The third-order valence-electron chi connectivity index (χ3n) is 7.04. The zero-order chi connectivity index (χ0) is 29.4. The highest BCUT2D eigenvalue weighted by Crippen LogP contribution is 2.26. The normalized spacial score (nSPS) is 14.9. The zero-order valence-electron chi connectivity index (χ0n) is 22.6. The van der Waals surface area contributed by atoms with Crippen molar-refractivity contribution in [2.24, 2.45) is 0 Å². The van der Waals surface area contributed by atoms with Crippen LogP contribution >= 0.6 is 23.2 Å². The van der Waals surface area contributed by atoms with Crippen molar-refractivity contribution in [1.29, 1.82) is 0 Å². The van der Waals surface area contributed by atoms with Crippen molar-refractivity contribution in [3.8, 4) is 0 Å². The van der Waals surface area contributed by atoms with E-state index in [0.29, 0.717) is 22.0 Å². The van der Waals surface area contributed by atoms with E-state index in [2.05, 4.69) is 5.32 Å². The van der Waals surface area contributed by atoms with Crippen LogP contribution in [0.3, 0.4) is 0 Å². The minimum absolute atomic E-state index is 0.0445. The van der Waals surface area contributed by atoms with E-state index in [9.17, 15) is 26.8 Å². The second kappa shape index (κ2) is 14.5. The number of sulfonamides is 1. The maximum Gasteiger partial charge on any atom is 0.243 e. The van der Waals surface area contributed by atoms with Crippen molar-refractivity contribution < 1.29 is 26.8 Å². The Morgan fingerprint density at radius 3 is 2.35 bits per heavy atom. The van der Waals surface area contributed by atoms with Crippen LogP contribution in [0.5, 0.6) is 0 Å². The molecule has 1 N–H and O–H groups in total. The quantitative estimate of drug-likeness (QED) is 0.313. The predicted molar refractivity (Wildman–Crippen MR) is 154 cm³/mol. The van der Waals surface area contributed by atoms with Gasteiger partial charge in [0.1, 0.15) is 6.04 Å². The molecule has 220 valence electrons. The molecule has 0 aromatic heterocycles. The molecule has 1 saturated carbocycles. The van der Waals surface area contributed by atoms with Gasteiger partial charge in [-0.3, -0.25) is 13.9 Å². The summed E-state index contributed by atoms with van der Waals surface area (Å²) in [6.45, 7) is 1.74. The molecule has 2 aromatic rings. The molecule has 3 rings (SSSR count). The van der Waals surface area contributed by atoms with Crippen LogP contribution in [0.2, 0.25) is 10.0 Å². The number of nitrogens with one attached hydrogen (secondary N) is 1. The first-order valence-corrected chi connectivity index (χ1v) is 16.0. The number of amides is 2. The number of carbonyl (C=O) groups excluding carboxylic acids is 2. The van der Waals surface area contributed by atoms with Gasteiger partial charge in [-0.05, 0) is 55.5 Å². The Hall–Kier alpha value is -2.43. The molecule has 1 aliphatic rings. The number of carbonyl (C=O) groups is 2. The number of anilines is 1. The molecule has 0 aliphatic heterocycles. The van der Waals surface area contributed by atoms with Crippen LogP contribution < -0.4 is 9.62 Å². The van der Waals surface area contributed by atoms with Crippen LogP contribution in [-0.4, -0.2) is 50.0 Å². The SMILES string of the molecule is CC[C@H](C(=O)NC1CCCCC1)N(Cc1ccc(Cl)cc1Cl)C(=O)CCCN(c1ccc(F)c(F)c1)S(C)(=O)=O. The number of benzene rings is 2. The lowest BCUT2D eigenvalue weighted by atomic mass is 9.95. The molecule has 0 bridgehead atoms. The van der Waals surface area contributed by atoms with Crippen LogP contribution in [0.4, 0.5) is 14.5 Å². The summed E-state index contributed by atoms with van der Waals surface area (Å²) in [5.41, 5.74) is 0.569. The van der Waals surface area contributed by atoms with Gasteiger partial charge in [-0.2, -0.15) is 0 Å². The maximum atomic E-state index is 13.8. The van der Waals surface area contributed by atoms with Gasteiger partial charge in [-0.25, -0.2) is 17.2 Å². The molecule has 0 heterocycles. The lowest BCUT2D eigenvalue weighted by Gasteiger charge is -2.33. The van der Waals surface area contributed by atoms with Crippen LogP contribution in [0.15, 0.2) is 36.4 Å². The monoisotopic (exact) mass is 617 g/mol. The van der Waals surface area contributed by atoms with E-state index in [4.69, 9.17) is 23.2 Å². The Bertz CT molecular complexity index is 1310. The number of hydrogen-bond donors (Lipinski definition) is 1. The lowest BCUT2D eigenvalue weighted by molar-refractivity contribution is -0.141. The van der Waals surface area contributed by atoms with Gasteiger partial charge in [-0.1, -0.05) is 55.5 Å². The molecular formula is C28H35Cl2F2N3O4S. The fourth-order valence-electron chi connectivity index (χ4n) is 4.94. The van der Waals surface area contributed by atoms with E-state index in [1.165, 1.54) is 11.0 Å². The zero-order valence-corrected chi connectivity index (χ0v) is 25.0. The highest BCUT2D eigenvalue weighted by Gasteiger charge is 2.31. The van der Waals surface area contributed by atoms with Crippen LogP contribution in [0.25, 0.3) is 0 Å². The molecule has 1 fully saturated rings. The molecular weight excluding hydrogens is 583 g/mol. The molecule has 0 radical (unpaired) electrons. The largest absolute Gasteiger partial charge is 0.352 e. The first kappa shape index (κ1) is 32.1. The molecule has 0 unspecified atom stereocenters. The summed E-state index contributed by atoms with van der Waals surface area (Å²) in [5.74, 6) is -2.88. The van der Waals surface area contributed by atoms with Crippen LogP contribution in [0, 0.1) is 11.6 Å². The third kappa shape index (κ3) is 8.78. The second-order valence-electron chi connectivity index (χ2n) is 10.1. The summed E-state index contributed by atoms with van der Waals surface area (Å²) in [6, 6.07) is 7.03. The highest BCUT2D eigenvalue weighted by atomic mass is 35.5. The molecule has 1 atom stereocenters. The fraction of sp³-hybridized carbons (Fsp3) is 0.500. The van der Waals surface area contributed by atoms with Gasteiger partial charge < -0.3 is 10.2 Å². The Labute approximate surface area is 244 Å². The van der Waals surface area contributed by atoms with Gasteiger partial charge in [-0.15, -0.1) is 0 Å². The van der Waals surface area contributed by atoms with Gasteiger partial charge in [0.05, 0.1) is 11.9 Å². The van der Waals surface area contributed by atoms with Crippen molar-refractivity contribution >= 4 is 50.7 Å². The molecule has 0 saturated heterocycles. The number of halogens is 4. The van der Waals surface area contributed by atoms with Gasteiger partial charge in [0.25, 0.3) is 0 Å². The molecule has 0 spiro atoms. The van der Waals surface area contributed by atoms with Gasteiger partial charge in [0.15, 0.2) is 11.6 Å². The second-order valence-corrected chi connectivity index (χ2v) is 12.8. The van der Waals surface area contributed by atoms with E-state index in [0.717, 1.165) is 54.8 Å². The highest BCUT2D eigenvalue weighted by molar-refractivity contribution is 7.92. The minimum Gasteiger partial charge on any atom is -0.352 e. The summed E-state index contributed by atoms with van der Waals surface area (Å²) in [6.07, 6.45) is 6.31. The summed E-state index contributed by atoms with van der Waals surface area (Å²) >= 11 is 12.4. The summed E-state index contributed by atoms with van der Waals surface area (Å²) in [7, 11) is -3.85. The van der Waals surface area contributed by atoms with Crippen molar-refractivity contribution in [2.45, 2.75) is 76.9 Å². The molecule has 1 aliphatic carbocycles. The molecule has 2 amide bonds. The number of hydrogen-bond acceptors (Lipinski definition) is 4. The van der Waals surface area contributed by atoms with E-state index in [1.54, 1.807) is 18.2 Å². The summed E-state index contributed by atoms with van der Waals surface area (Å²) in [5, 5.41) is 3.89. The van der Waals surface area contributed by atoms with Gasteiger partial charge in [0, 0.05) is 41.7 Å². The summed E-state index contributed by atoms with van der Waals surface area (Å²) in [4.78, 5) is 28.4. The van der Waals surface area contributed by atoms with Crippen molar-refractivity contribution in [3.05, 3.63) is 63.6 Å². The molecule has 40 heavy (non-hydrogen) atoms. The minimum atomic E-state index is -3.85. The van der Waals surface area contributed by atoms with E-state index in [-0.39, 0.29) is 49.5 Å². The van der Waals surface area contributed by atoms with Gasteiger partial charge in [0.2, 0.25) is 21.8 Å². The Balaban J connectivity index is 1.79. The van der Waals surface area contributed by atoms with Crippen molar-refractivity contribution in [1.82, 2.24) is 10.2 Å². The van der Waals surface area contributed by atoms with Crippen LogP contribution in [0.1, 0.15) is 63.9 Å². The average Bonchev–Trinajstić information content (AvgIpc) is 2.89. The smallest absolute Gasteiger partial charge is 0.243 e. The first-order valence-electron chi connectivity index (χ1n) is 13.4. The topological polar surface area (TPSA) is 86.8 Å². The Morgan fingerprint density at radius 1 is 1.05 bits per heavy atom. The maximum absolute atomic E-state index is 13.8. The van der Waals surface area contributed by atoms with E-state index >= 15 is 0 Å². The van der Waals surface area contributed by atoms with Crippen molar-refractivity contribution in [2.75, 3.05) is 17.1 Å². The predicted octanol–water partition coefficient (Wildman–Crippen LogP) is 6.07. The number of rotatable bonds is 12. The Kier molecular flexibility index (Phi) is 11.6. The lowest BCUT2D eigenvalue weighted by Crippen LogP contribution is -2.51. The van der Waals surface area contributed by atoms with Crippen LogP contribution in [-0.2, 0) is 26.2 Å². The molecule has 7 nitrogen and oxygen atoms in total. The van der Waals surface area contributed by atoms with E-state index < -0.39 is 27.7 Å².